The van der Waals surface area contributed by atoms with Crippen molar-refractivity contribution in [2.75, 3.05) is 0 Å². The molecule has 0 aliphatic carbocycles. The Morgan fingerprint density at radius 1 is 0.460 bits per heavy atom. The largest absolute Gasteiger partial charge is 0.423 e. The standard InChI is InChI=1S/C42H34O8/c1-25(2)39(43)47-34-19-17-31(18-20-34)30-12-9-29(10-13-30)11-14-32-15-16-33(23-37(32)49-41(45)27(5)6)36-22-21-35(48-40(44)26(3)4)24-38(36)50-42(46)28(7)8/h9-10,12-13,15-24H,1,3,5,7H2,2,4,6,8H3. The second kappa shape index (κ2) is 15.9. The molecule has 0 bridgehead atoms. The average Bonchev–Trinajstić information content (AvgIpc) is 3.08. The Bertz CT molecular complexity index is 2120. The molecule has 0 amide bonds. The highest BCUT2D eigenvalue weighted by Crippen LogP contribution is 2.37. The molecule has 8 nitrogen and oxygen atoms in total. The molecule has 50 heavy (non-hydrogen) atoms. The maximum atomic E-state index is 12.6. The van der Waals surface area contributed by atoms with Crippen molar-refractivity contribution in [1.82, 2.24) is 0 Å². The first kappa shape index (κ1) is 36.1. The van der Waals surface area contributed by atoms with Gasteiger partial charge in [-0.2, -0.15) is 0 Å². The summed E-state index contributed by atoms with van der Waals surface area (Å²) in [6.07, 6.45) is 0. The van der Waals surface area contributed by atoms with Gasteiger partial charge in [0.1, 0.15) is 23.0 Å². The zero-order valence-electron chi connectivity index (χ0n) is 28.2. The van der Waals surface area contributed by atoms with Crippen molar-refractivity contribution >= 4 is 23.9 Å². The summed E-state index contributed by atoms with van der Waals surface area (Å²) in [6.45, 7) is 20.6. The molecule has 0 saturated carbocycles. The lowest BCUT2D eigenvalue weighted by Gasteiger charge is -2.14. The van der Waals surface area contributed by atoms with E-state index in [1.807, 2.05) is 36.4 Å². The molecule has 4 aromatic carbocycles. The smallest absolute Gasteiger partial charge is 0.338 e. The molecule has 0 atom stereocenters. The van der Waals surface area contributed by atoms with Crippen LogP contribution in [-0.2, 0) is 19.2 Å². The summed E-state index contributed by atoms with van der Waals surface area (Å²) in [5.74, 6) is 4.52. The summed E-state index contributed by atoms with van der Waals surface area (Å²) in [5, 5.41) is 0. The normalized spacial score (nSPS) is 10.1. The zero-order valence-corrected chi connectivity index (χ0v) is 28.2. The molecule has 250 valence electrons. The minimum atomic E-state index is -0.682. The quantitative estimate of drug-likeness (QED) is 0.0720. The molecule has 4 aromatic rings. The van der Waals surface area contributed by atoms with Gasteiger partial charge >= 0.3 is 23.9 Å². The Morgan fingerprint density at radius 2 is 0.900 bits per heavy atom. The number of hydrogen-bond acceptors (Lipinski definition) is 8. The lowest BCUT2D eigenvalue weighted by atomic mass is 10.0. The number of esters is 4. The molecule has 0 radical (unpaired) electrons. The molecule has 0 aliphatic rings. The van der Waals surface area contributed by atoms with E-state index in [1.54, 1.807) is 43.3 Å². The predicted octanol–water partition coefficient (Wildman–Crippen LogP) is 8.35. The third kappa shape index (κ3) is 9.43. The van der Waals surface area contributed by atoms with Gasteiger partial charge < -0.3 is 18.9 Å². The SMILES string of the molecule is C=C(C)C(=O)Oc1ccc(-c2ccc(C#Cc3ccc(-c4ccc(OC(=O)C(=C)C)cc4OC(=O)C(=C)C)cc3OC(=O)C(=C)C)cc2)cc1. The third-order valence-electron chi connectivity index (χ3n) is 6.88. The van der Waals surface area contributed by atoms with Crippen LogP contribution in [0.4, 0.5) is 0 Å². The van der Waals surface area contributed by atoms with Crippen LogP contribution in [0.2, 0.25) is 0 Å². The second-order valence-electron chi connectivity index (χ2n) is 11.4. The number of rotatable bonds is 10. The van der Waals surface area contributed by atoms with Crippen LogP contribution in [0, 0.1) is 11.8 Å². The summed E-state index contributed by atoms with van der Waals surface area (Å²) in [6, 6.07) is 24.2. The predicted molar refractivity (Wildman–Crippen MR) is 192 cm³/mol. The van der Waals surface area contributed by atoms with E-state index in [4.69, 9.17) is 18.9 Å². The Labute approximate surface area is 291 Å². The van der Waals surface area contributed by atoms with Crippen molar-refractivity contribution in [3.8, 4) is 57.1 Å². The summed E-state index contributed by atoms with van der Waals surface area (Å²) in [5.41, 5.74) is 4.79. The molecular formula is C42H34O8. The van der Waals surface area contributed by atoms with E-state index in [2.05, 4.69) is 38.2 Å². The minimum Gasteiger partial charge on any atom is -0.423 e. The Hall–Kier alpha value is -6.72. The number of carbonyl (C=O) groups excluding carboxylic acids is 4. The van der Waals surface area contributed by atoms with E-state index < -0.39 is 23.9 Å². The van der Waals surface area contributed by atoms with Crippen molar-refractivity contribution in [2.24, 2.45) is 0 Å². The van der Waals surface area contributed by atoms with Crippen LogP contribution >= 0.6 is 0 Å². The van der Waals surface area contributed by atoms with E-state index in [0.717, 1.165) is 11.1 Å². The average molecular weight is 667 g/mol. The lowest BCUT2D eigenvalue weighted by Crippen LogP contribution is -2.11. The van der Waals surface area contributed by atoms with E-state index in [0.29, 0.717) is 33.6 Å². The molecule has 0 N–H and O–H groups in total. The van der Waals surface area contributed by atoms with E-state index in [9.17, 15) is 19.2 Å². The van der Waals surface area contributed by atoms with Crippen LogP contribution in [0.3, 0.4) is 0 Å². The fourth-order valence-corrected chi connectivity index (χ4v) is 4.13. The number of benzene rings is 4. The fraction of sp³-hybridized carbons (Fsp3) is 0.0952. The summed E-state index contributed by atoms with van der Waals surface area (Å²) in [7, 11) is 0. The van der Waals surface area contributed by atoms with Crippen molar-refractivity contribution < 1.29 is 38.1 Å². The van der Waals surface area contributed by atoms with Gasteiger partial charge in [0.2, 0.25) is 0 Å². The highest BCUT2D eigenvalue weighted by Gasteiger charge is 2.18. The van der Waals surface area contributed by atoms with Crippen molar-refractivity contribution in [3.63, 3.8) is 0 Å². The van der Waals surface area contributed by atoms with Crippen LogP contribution in [0.5, 0.6) is 23.0 Å². The molecule has 0 spiro atoms. The molecular weight excluding hydrogens is 632 g/mol. The van der Waals surface area contributed by atoms with Crippen LogP contribution in [0.1, 0.15) is 38.8 Å². The number of carbonyl (C=O) groups is 4. The van der Waals surface area contributed by atoms with Crippen LogP contribution in [0.25, 0.3) is 22.3 Å². The van der Waals surface area contributed by atoms with Gasteiger partial charge in [-0.1, -0.05) is 68.5 Å². The molecule has 0 saturated heterocycles. The first-order valence-corrected chi connectivity index (χ1v) is 15.2. The van der Waals surface area contributed by atoms with Gasteiger partial charge in [0.15, 0.2) is 0 Å². The van der Waals surface area contributed by atoms with E-state index in [-0.39, 0.29) is 34.0 Å². The summed E-state index contributed by atoms with van der Waals surface area (Å²) >= 11 is 0. The highest BCUT2D eigenvalue weighted by molar-refractivity contribution is 5.92. The van der Waals surface area contributed by atoms with E-state index in [1.165, 1.54) is 32.9 Å². The topological polar surface area (TPSA) is 105 Å². The van der Waals surface area contributed by atoms with Gasteiger partial charge in [0.05, 0.1) is 5.56 Å². The van der Waals surface area contributed by atoms with Crippen LogP contribution < -0.4 is 18.9 Å². The van der Waals surface area contributed by atoms with E-state index >= 15 is 0 Å². The maximum Gasteiger partial charge on any atom is 0.338 e. The summed E-state index contributed by atoms with van der Waals surface area (Å²) in [4.78, 5) is 49.0. The molecule has 0 aliphatic heterocycles. The fourth-order valence-electron chi connectivity index (χ4n) is 4.13. The highest BCUT2D eigenvalue weighted by atomic mass is 16.6. The first-order chi connectivity index (χ1) is 23.7. The van der Waals surface area contributed by atoms with Crippen LogP contribution in [-0.4, -0.2) is 23.9 Å². The Morgan fingerprint density at radius 3 is 1.44 bits per heavy atom. The van der Waals surface area contributed by atoms with Gasteiger partial charge in [0, 0.05) is 39.5 Å². The molecule has 0 fully saturated rings. The monoisotopic (exact) mass is 666 g/mol. The minimum absolute atomic E-state index is 0.0867. The van der Waals surface area contributed by atoms with Crippen LogP contribution in [0.15, 0.2) is 134 Å². The second-order valence-corrected chi connectivity index (χ2v) is 11.4. The van der Waals surface area contributed by atoms with Crippen molar-refractivity contribution in [3.05, 3.63) is 145 Å². The maximum absolute atomic E-state index is 12.6. The summed E-state index contributed by atoms with van der Waals surface area (Å²) < 4.78 is 21.8. The van der Waals surface area contributed by atoms with Gasteiger partial charge in [-0.05, 0) is 92.9 Å². The number of ether oxygens (including phenoxy) is 4. The van der Waals surface area contributed by atoms with Gasteiger partial charge in [-0.15, -0.1) is 0 Å². The Kier molecular flexibility index (Phi) is 11.5. The first-order valence-electron chi connectivity index (χ1n) is 15.2. The molecule has 8 heteroatoms. The zero-order chi connectivity index (χ0) is 36.5. The molecule has 0 unspecified atom stereocenters. The van der Waals surface area contributed by atoms with Gasteiger partial charge in [-0.3, -0.25) is 0 Å². The molecule has 4 rings (SSSR count). The molecule has 0 heterocycles. The third-order valence-corrected chi connectivity index (χ3v) is 6.88. The van der Waals surface area contributed by atoms with Crippen molar-refractivity contribution in [1.29, 1.82) is 0 Å². The molecule has 0 aromatic heterocycles. The Balaban J connectivity index is 1.66. The lowest BCUT2D eigenvalue weighted by molar-refractivity contribution is -0.131. The van der Waals surface area contributed by atoms with Gasteiger partial charge in [-0.25, -0.2) is 19.2 Å². The van der Waals surface area contributed by atoms with Gasteiger partial charge in [0.25, 0.3) is 0 Å². The number of hydrogen-bond donors (Lipinski definition) is 0. The van der Waals surface area contributed by atoms with Crippen molar-refractivity contribution in [2.45, 2.75) is 27.7 Å².